The first-order valence-corrected chi connectivity index (χ1v) is 18.0. The Balaban J connectivity index is 1.33. The summed E-state index contributed by atoms with van der Waals surface area (Å²) in [4.78, 5) is 26.3. The number of carboxylic acid groups (broad SMARTS) is 1. The summed E-state index contributed by atoms with van der Waals surface area (Å²) in [6.45, 7) is 3.78. The number of benzene rings is 1. The molecule has 2 aromatic heterocycles. The van der Waals surface area contributed by atoms with Crippen LogP contribution in [0, 0.1) is 23.6 Å². The number of aryl methyl sites for hydroxylation is 2. The van der Waals surface area contributed by atoms with E-state index in [1.807, 2.05) is 32.6 Å². The van der Waals surface area contributed by atoms with Crippen molar-refractivity contribution in [1.82, 2.24) is 24.6 Å². The zero-order chi connectivity index (χ0) is 34.7. The third-order valence-electron chi connectivity index (χ3n) is 11.3. The van der Waals surface area contributed by atoms with E-state index in [0.29, 0.717) is 56.5 Å². The van der Waals surface area contributed by atoms with Crippen molar-refractivity contribution in [1.29, 1.82) is 0 Å². The van der Waals surface area contributed by atoms with Crippen molar-refractivity contribution in [2.75, 3.05) is 36.9 Å². The van der Waals surface area contributed by atoms with Gasteiger partial charge in [0.2, 0.25) is 12.4 Å². The van der Waals surface area contributed by atoms with Crippen LogP contribution in [-0.2, 0) is 24.7 Å². The molecule has 2 N–H and O–H groups in total. The standard InChI is InChI=1S/C37H50F3N7O2/c1-4-33(23-10-12-24(13-11-23)36(48)49)46(3)37-43-31-15-14-26(25-7-5-9-29(38)17-25)18-30(31)35(44-37)42-32(28-19-41-45(2)20-28)22-47-16-6-8-27(21-47)34(39)40/h5,7,9,17,19-20,23-24,26-27,32-34H,4,6,8,10-16,18,21-22H2,1-3H3,(H,48,49)(H,42,43,44)/t23?,24?,26-,27+,32+,33-/m1/s1. The summed E-state index contributed by atoms with van der Waals surface area (Å²) in [5.74, 6) is -0.0914. The smallest absolute Gasteiger partial charge is 0.306 e. The number of fused-ring (bicyclic) bond motifs is 1. The number of aliphatic carboxylic acids is 1. The van der Waals surface area contributed by atoms with Gasteiger partial charge in [-0.25, -0.2) is 18.2 Å². The van der Waals surface area contributed by atoms with Crippen LogP contribution in [0.3, 0.4) is 0 Å². The fourth-order valence-corrected chi connectivity index (χ4v) is 8.48. The molecular weight excluding hydrogens is 631 g/mol. The largest absolute Gasteiger partial charge is 0.481 e. The van der Waals surface area contributed by atoms with E-state index in [9.17, 15) is 23.1 Å². The quantitative estimate of drug-likeness (QED) is 0.214. The summed E-state index contributed by atoms with van der Waals surface area (Å²) in [6.07, 6.45) is 8.85. The van der Waals surface area contributed by atoms with Gasteiger partial charge in [0, 0.05) is 56.5 Å². The van der Waals surface area contributed by atoms with Gasteiger partial charge in [0.05, 0.1) is 23.9 Å². The van der Waals surface area contributed by atoms with Crippen molar-refractivity contribution in [2.45, 2.75) is 95.6 Å². The van der Waals surface area contributed by atoms with Crippen molar-refractivity contribution in [3.05, 3.63) is 64.9 Å². The van der Waals surface area contributed by atoms with Gasteiger partial charge >= 0.3 is 5.97 Å². The van der Waals surface area contributed by atoms with E-state index in [1.54, 1.807) is 16.8 Å². The summed E-state index contributed by atoms with van der Waals surface area (Å²) >= 11 is 0. The van der Waals surface area contributed by atoms with Gasteiger partial charge in [-0.3, -0.25) is 9.48 Å². The summed E-state index contributed by atoms with van der Waals surface area (Å²) in [5.41, 5.74) is 3.88. The molecule has 3 aliphatic rings. The molecule has 1 aromatic carbocycles. The first-order valence-electron chi connectivity index (χ1n) is 18.0. The molecule has 1 saturated carbocycles. The zero-order valence-corrected chi connectivity index (χ0v) is 28.9. The van der Waals surface area contributed by atoms with Crippen molar-refractivity contribution in [2.24, 2.45) is 24.8 Å². The van der Waals surface area contributed by atoms with E-state index in [-0.39, 0.29) is 29.7 Å². The molecule has 6 rings (SSSR count). The third-order valence-corrected chi connectivity index (χ3v) is 11.3. The lowest BCUT2D eigenvalue weighted by Gasteiger charge is -2.38. The molecule has 0 bridgehead atoms. The Morgan fingerprint density at radius 1 is 1.12 bits per heavy atom. The van der Waals surface area contributed by atoms with E-state index in [4.69, 9.17) is 9.97 Å². The van der Waals surface area contributed by atoms with Crippen LogP contribution in [0.5, 0.6) is 0 Å². The SMILES string of the molecule is CC[C@H](C1CCC(C(=O)O)CC1)N(C)c1nc2c(c(N[C@@H](CN3CCC[C@H](C(F)F)C3)c3cnn(C)c3)n1)C[C@H](c1cccc(F)c1)CC2. The molecule has 2 aliphatic carbocycles. The lowest BCUT2D eigenvalue weighted by atomic mass is 9.77. The summed E-state index contributed by atoms with van der Waals surface area (Å²) in [6, 6.07) is 6.71. The van der Waals surface area contributed by atoms with Gasteiger partial charge in [0.25, 0.3) is 0 Å². The molecule has 4 atom stereocenters. The van der Waals surface area contributed by atoms with Crippen LogP contribution in [0.4, 0.5) is 24.9 Å². The number of carboxylic acids is 1. The molecule has 9 nitrogen and oxygen atoms in total. The average molecular weight is 682 g/mol. The van der Waals surface area contributed by atoms with Gasteiger partial charge in [-0.15, -0.1) is 0 Å². The lowest BCUT2D eigenvalue weighted by Crippen LogP contribution is -2.42. The topological polar surface area (TPSA) is 99.4 Å². The number of nitrogens with one attached hydrogen (secondary N) is 1. The zero-order valence-electron chi connectivity index (χ0n) is 28.9. The minimum Gasteiger partial charge on any atom is -0.481 e. The van der Waals surface area contributed by atoms with Gasteiger partial charge in [-0.2, -0.15) is 10.1 Å². The Morgan fingerprint density at radius 2 is 1.92 bits per heavy atom. The summed E-state index contributed by atoms with van der Waals surface area (Å²) < 4.78 is 43.6. The van der Waals surface area contributed by atoms with Crippen LogP contribution in [-0.4, -0.2) is 74.9 Å². The molecule has 0 unspecified atom stereocenters. The van der Waals surface area contributed by atoms with Gasteiger partial charge < -0.3 is 20.2 Å². The fraction of sp³-hybridized carbons (Fsp3) is 0.622. The van der Waals surface area contributed by atoms with Crippen LogP contribution in [0.1, 0.15) is 92.6 Å². The van der Waals surface area contributed by atoms with Gasteiger partial charge in [0.15, 0.2) is 0 Å². The van der Waals surface area contributed by atoms with E-state index in [0.717, 1.165) is 67.5 Å². The molecular formula is C37H50F3N7O2. The number of nitrogens with zero attached hydrogens (tertiary/aromatic N) is 6. The van der Waals surface area contributed by atoms with Crippen molar-refractivity contribution in [3.63, 3.8) is 0 Å². The monoisotopic (exact) mass is 681 g/mol. The number of anilines is 2. The van der Waals surface area contributed by atoms with Crippen LogP contribution in [0.2, 0.25) is 0 Å². The second-order valence-electron chi connectivity index (χ2n) is 14.5. The minimum absolute atomic E-state index is 0.106. The lowest BCUT2D eigenvalue weighted by molar-refractivity contribution is -0.143. The maximum Gasteiger partial charge on any atom is 0.306 e. The van der Waals surface area contributed by atoms with Crippen molar-refractivity contribution < 1.29 is 23.1 Å². The molecule has 3 heterocycles. The molecule has 1 saturated heterocycles. The number of halogens is 3. The Kier molecular flexibility index (Phi) is 11.1. The third kappa shape index (κ3) is 8.22. The maximum atomic E-state index is 14.3. The van der Waals surface area contributed by atoms with Gasteiger partial charge in [-0.1, -0.05) is 19.1 Å². The molecule has 2 fully saturated rings. The second-order valence-corrected chi connectivity index (χ2v) is 14.5. The van der Waals surface area contributed by atoms with E-state index < -0.39 is 18.3 Å². The highest BCUT2D eigenvalue weighted by Gasteiger charge is 2.35. The van der Waals surface area contributed by atoms with Crippen molar-refractivity contribution in [3.8, 4) is 0 Å². The Bertz CT molecular complexity index is 1580. The number of hydrogen-bond donors (Lipinski definition) is 2. The number of piperidine rings is 1. The summed E-state index contributed by atoms with van der Waals surface area (Å²) in [7, 11) is 3.91. The molecule has 3 aromatic rings. The Labute approximate surface area is 287 Å². The van der Waals surface area contributed by atoms with Crippen LogP contribution in [0.25, 0.3) is 0 Å². The number of alkyl halides is 2. The van der Waals surface area contributed by atoms with E-state index >= 15 is 0 Å². The van der Waals surface area contributed by atoms with E-state index in [2.05, 4.69) is 27.1 Å². The second kappa shape index (κ2) is 15.5. The molecule has 12 heteroatoms. The highest BCUT2D eigenvalue weighted by Crippen LogP contribution is 2.39. The highest BCUT2D eigenvalue weighted by atomic mass is 19.3. The molecule has 0 radical (unpaired) electrons. The van der Waals surface area contributed by atoms with E-state index in [1.165, 1.54) is 6.07 Å². The van der Waals surface area contributed by atoms with Gasteiger partial charge in [0.1, 0.15) is 11.6 Å². The van der Waals surface area contributed by atoms with Gasteiger partial charge in [-0.05, 0) is 100 Å². The van der Waals surface area contributed by atoms with Crippen molar-refractivity contribution >= 4 is 17.7 Å². The number of hydrogen-bond acceptors (Lipinski definition) is 7. The number of aromatic nitrogens is 4. The maximum absolute atomic E-state index is 14.3. The minimum atomic E-state index is -2.34. The fourth-order valence-electron chi connectivity index (χ4n) is 8.48. The molecule has 0 amide bonds. The number of rotatable bonds is 12. The van der Waals surface area contributed by atoms with Crippen LogP contribution in [0.15, 0.2) is 36.7 Å². The van der Waals surface area contributed by atoms with Crippen LogP contribution >= 0.6 is 0 Å². The average Bonchev–Trinajstić information content (AvgIpc) is 3.54. The Morgan fingerprint density at radius 3 is 2.59 bits per heavy atom. The normalized spacial score (nSPS) is 24.3. The number of likely N-dealkylation sites (tertiary alicyclic amines) is 1. The van der Waals surface area contributed by atoms with Crippen LogP contribution < -0.4 is 10.2 Å². The molecule has 49 heavy (non-hydrogen) atoms. The first-order chi connectivity index (χ1) is 23.6. The molecule has 266 valence electrons. The first kappa shape index (κ1) is 35.2. The molecule has 0 spiro atoms. The predicted molar refractivity (Wildman–Crippen MR) is 184 cm³/mol. The summed E-state index contributed by atoms with van der Waals surface area (Å²) in [5, 5.41) is 17.8. The predicted octanol–water partition coefficient (Wildman–Crippen LogP) is 6.86. The number of carbonyl (C=O) groups is 1. The Hall–Kier alpha value is -3.67. The highest BCUT2D eigenvalue weighted by molar-refractivity contribution is 5.70. The molecule has 1 aliphatic heterocycles.